The average molecular weight is 446 g/mol. The van der Waals surface area contributed by atoms with Crippen LogP contribution < -0.4 is 10.2 Å². The molecule has 0 spiro atoms. The van der Waals surface area contributed by atoms with Crippen molar-refractivity contribution < 1.29 is 17.9 Å². The Balaban J connectivity index is 1.69. The first-order valence-electron chi connectivity index (χ1n) is 10.4. The fraction of sp³-hybridized carbons (Fsp3) is 0.435. The number of morpholine rings is 1. The molecule has 2 aromatic carbocycles. The van der Waals surface area contributed by atoms with Crippen LogP contribution in [0, 0.1) is 27.7 Å². The largest absolute Gasteiger partial charge is 0.378 e. The number of ether oxygens (including phenoxy) is 1. The van der Waals surface area contributed by atoms with Gasteiger partial charge in [0.25, 0.3) is 0 Å². The summed E-state index contributed by atoms with van der Waals surface area (Å²) in [6.07, 6.45) is 0. The van der Waals surface area contributed by atoms with Crippen molar-refractivity contribution >= 4 is 27.3 Å². The summed E-state index contributed by atoms with van der Waals surface area (Å²) in [7, 11) is -2.36. The van der Waals surface area contributed by atoms with Gasteiger partial charge >= 0.3 is 0 Å². The zero-order chi connectivity index (χ0) is 22.8. The maximum atomic E-state index is 13.2. The molecule has 0 radical (unpaired) electrons. The summed E-state index contributed by atoms with van der Waals surface area (Å²) in [6.45, 7) is 10.2. The molecule has 1 saturated heterocycles. The van der Waals surface area contributed by atoms with Gasteiger partial charge < -0.3 is 15.0 Å². The second-order valence-electron chi connectivity index (χ2n) is 8.05. The number of carbonyl (C=O) groups is 1. The first-order chi connectivity index (χ1) is 14.6. The van der Waals surface area contributed by atoms with Gasteiger partial charge in [-0.05, 0) is 74.2 Å². The van der Waals surface area contributed by atoms with Crippen molar-refractivity contribution in [1.82, 2.24) is 4.31 Å². The van der Waals surface area contributed by atoms with Crippen LogP contribution in [-0.2, 0) is 19.6 Å². The smallest absolute Gasteiger partial charge is 0.243 e. The Morgan fingerprint density at radius 3 is 2.13 bits per heavy atom. The standard InChI is InChI=1S/C23H31N3O4S/c1-16-14-17(2)19(4)23(18(16)3)31(28,29)25(5)15-22(27)24-20-6-8-21(9-7-20)26-10-12-30-13-11-26/h6-9,14H,10-13,15H2,1-5H3,(H,24,27). The van der Waals surface area contributed by atoms with Crippen LogP contribution in [0.4, 0.5) is 11.4 Å². The number of nitrogens with one attached hydrogen (secondary N) is 1. The van der Waals surface area contributed by atoms with E-state index in [4.69, 9.17) is 4.74 Å². The van der Waals surface area contributed by atoms with E-state index in [-0.39, 0.29) is 17.3 Å². The minimum atomic E-state index is -3.80. The van der Waals surface area contributed by atoms with Gasteiger partial charge in [0.15, 0.2) is 0 Å². The molecule has 1 aliphatic rings. The van der Waals surface area contributed by atoms with E-state index < -0.39 is 10.0 Å². The van der Waals surface area contributed by atoms with Gasteiger partial charge in [-0.25, -0.2) is 8.42 Å². The zero-order valence-electron chi connectivity index (χ0n) is 18.9. The third kappa shape index (κ3) is 5.08. The number of carbonyl (C=O) groups excluding carboxylic acids is 1. The number of aryl methyl sites for hydroxylation is 2. The molecule has 0 bridgehead atoms. The molecule has 2 aromatic rings. The van der Waals surface area contributed by atoms with Crippen molar-refractivity contribution in [3.05, 3.63) is 52.6 Å². The van der Waals surface area contributed by atoms with Crippen molar-refractivity contribution in [2.45, 2.75) is 32.6 Å². The molecule has 1 aliphatic heterocycles. The highest BCUT2D eigenvalue weighted by molar-refractivity contribution is 7.89. The van der Waals surface area contributed by atoms with Gasteiger partial charge in [0.05, 0.1) is 24.7 Å². The van der Waals surface area contributed by atoms with Crippen molar-refractivity contribution in [1.29, 1.82) is 0 Å². The molecule has 0 unspecified atom stereocenters. The van der Waals surface area contributed by atoms with E-state index >= 15 is 0 Å². The van der Waals surface area contributed by atoms with Gasteiger partial charge in [0, 0.05) is 31.5 Å². The number of sulfonamides is 1. The number of anilines is 2. The maximum Gasteiger partial charge on any atom is 0.243 e. The van der Waals surface area contributed by atoms with Crippen LogP contribution in [0.5, 0.6) is 0 Å². The first kappa shape index (κ1) is 23.2. The summed E-state index contributed by atoms with van der Waals surface area (Å²) in [6, 6.07) is 9.54. The Morgan fingerprint density at radius 1 is 1.03 bits per heavy atom. The molecule has 7 nitrogen and oxygen atoms in total. The molecule has 0 aromatic heterocycles. The van der Waals surface area contributed by atoms with Crippen LogP contribution in [0.1, 0.15) is 22.3 Å². The SMILES string of the molecule is Cc1cc(C)c(C)c(S(=O)(=O)N(C)CC(=O)Nc2ccc(N3CCOCC3)cc2)c1C. The molecule has 1 amide bonds. The van der Waals surface area contributed by atoms with Gasteiger partial charge in [0.1, 0.15) is 0 Å². The third-order valence-corrected chi connectivity index (χ3v) is 7.94. The highest BCUT2D eigenvalue weighted by Gasteiger charge is 2.28. The quantitative estimate of drug-likeness (QED) is 0.740. The van der Waals surface area contributed by atoms with E-state index in [0.717, 1.165) is 34.2 Å². The monoisotopic (exact) mass is 445 g/mol. The van der Waals surface area contributed by atoms with Crippen LogP contribution in [0.25, 0.3) is 0 Å². The molecule has 168 valence electrons. The van der Waals surface area contributed by atoms with Crippen LogP contribution in [0.2, 0.25) is 0 Å². The van der Waals surface area contributed by atoms with Crippen molar-refractivity contribution in [3.63, 3.8) is 0 Å². The van der Waals surface area contributed by atoms with Crippen LogP contribution >= 0.6 is 0 Å². The van der Waals surface area contributed by atoms with Crippen molar-refractivity contribution in [3.8, 4) is 0 Å². The topological polar surface area (TPSA) is 79.0 Å². The minimum Gasteiger partial charge on any atom is -0.378 e. The zero-order valence-corrected chi connectivity index (χ0v) is 19.7. The summed E-state index contributed by atoms with van der Waals surface area (Å²) in [5, 5.41) is 2.79. The first-order valence-corrected chi connectivity index (χ1v) is 11.8. The van der Waals surface area contributed by atoms with Crippen molar-refractivity contribution in [2.24, 2.45) is 0 Å². The minimum absolute atomic E-state index is 0.264. The molecular formula is C23H31N3O4S. The van der Waals surface area contributed by atoms with E-state index in [1.165, 1.54) is 7.05 Å². The van der Waals surface area contributed by atoms with Crippen LogP contribution in [0.15, 0.2) is 35.2 Å². The highest BCUT2D eigenvalue weighted by Crippen LogP contribution is 2.28. The Hall–Kier alpha value is -2.42. The fourth-order valence-electron chi connectivity index (χ4n) is 3.79. The Bertz CT molecular complexity index is 1030. The lowest BCUT2D eigenvalue weighted by Gasteiger charge is -2.29. The summed E-state index contributed by atoms with van der Waals surface area (Å²) in [5.41, 5.74) is 4.97. The van der Waals surface area contributed by atoms with Gasteiger partial charge in [0.2, 0.25) is 15.9 Å². The number of hydrogen-bond acceptors (Lipinski definition) is 5. The van der Waals surface area contributed by atoms with Gasteiger partial charge in [-0.1, -0.05) is 6.07 Å². The lowest BCUT2D eigenvalue weighted by molar-refractivity contribution is -0.116. The van der Waals surface area contributed by atoms with Crippen LogP contribution in [-0.4, -0.2) is 58.5 Å². The number of rotatable bonds is 6. The van der Waals surface area contributed by atoms with E-state index in [1.54, 1.807) is 13.8 Å². The van der Waals surface area contributed by atoms with Gasteiger partial charge in [-0.15, -0.1) is 0 Å². The summed E-state index contributed by atoms with van der Waals surface area (Å²) < 4.78 is 32.9. The number of likely N-dealkylation sites (N-methyl/N-ethyl adjacent to an activating group) is 1. The van der Waals surface area contributed by atoms with E-state index in [9.17, 15) is 13.2 Å². The molecule has 1 N–H and O–H groups in total. The second-order valence-corrected chi connectivity index (χ2v) is 10.0. The van der Waals surface area contributed by atoms with Gasteiger partial charge in [-0.3, -0.25) is 4.79 Å². The average Bonchev–Trinajstić information content (AvgIpc) is 2.73. The third-order valence-electron chi connectivity index (χ3n) is 5.86. The van der Waals surface area contributed by atoms with Crippen LogP contribution in [0.3, 0.4) is 0 Å². The lowest BCUT2D eigenvalue weighted by atomic mass is 10.0. The summed E-state index contributed by atoms with van der Waals surface area (Å²) in [4.78, 5) is 15.1. The molecular weight excluding hydrogens is 414 g/mol. The highest BCUT2D eigenvalue weighted by atomic mass is 32.2. The molecule has 0 saturated carbocycles. The molecule has 8 heteroatoms. The van der Waals surface area contributed by atoms with E-state index in [1.807, 2.05) is 44.2 Å². The summed E-state index contributed by atoms with van der Waals surface area (Å²) in [5.74, 6) is -0.384. The molecule has 0 atom stereocenters. The fourth-order valence-corrected chi connectivity index (χ4v) is 5.48. The number of amides is 1. The molecule has 1 heterocycles. The number of nitrogens with zero attached hydrogens (tertiary/aromatic N) is 2. The van der Waals surface area contributed by atoms with E-state index in [0.29, 0.717) is 30.0 Å². The number of hydrogen-bond donors (Lipinski definition) is 1. The number of benzene rings is 2. The van der Waals surface area contributed by atoms with Crippen molar-refractivity contribution in [2.75, 3.05) is 50.1 Å². The molecule has 3 rings (SSSR count). The normalized spacial score (nSPS) is 14.7. The van der Waals surface area contributed by atoms with Gasteiger partial charge in [-0.2, -0.15) is 4.31 Å². The molecule has 31 heavy (non-hydrogen) atoms. The maximum absolute atomic E-state index is 13.2. The molecule has 1 fully saturated rings. The Morgan fingerprint density at radius 2 is 1.58 bits per heavy atom. The lowest BCUT2D eigenvalue weighted by Crippen LogP contribution is -2.36. The van der Waals surface area contributed by atoms with E-state index in [2.05, 4.69) is 10.2 Å². The Labute approximate surface area is 185 Å². The summed E-state index contributed by atoms with van der Waals surface area (Å²) >= 11 is 0. The second kappa shape index (κ2) is 9.38. The predicted molar refractivity (Wildman–Crippen MR) is 123 cm³/mol. The predicted octanol–water partition coefficient (Wildman–Crippen LogP) is 3.02. The Kier molecular flexibility index (Phi) is 7.03. The molecule has 0 aliphatic carbocycles.